The largest absolute Gasteiger partial charge is 0.508 e. The summed E-state index contributed by atoms with van der Waals surface area (Å²) in [6.45, 7) is 4.05. The molecule has 144 valence electrons. The van der Waals surface area contributed by atoms with E-state index in [0.29, 0.717) is 12.6 Å². The number of nitriles is 1. The second-order valence-electron chi connectivity index (χ2n) is 7.06. The second kappa shape index (κ2) is 6.53. The Bertz CT molecular complexity index is 1010. The highest BCUT2D eigenvalue weighted by Gasteiger charge is 2.50. The van der Waals surface area contributed by atoms with E-state index in [4.69, 9.17) is 17.5 Å². The first-order chi connectivity index (χ1) is 13.0. The number of nitrogens with zero attached hydrogens (tertiary/aromatic N) is 3. The number of amides is 1. The highest BCUT2D eigenvalue weighted by atomic mass is 32.1. The third kappa shape index (κ3) is 3.08. The third-order valence-electron chi connectivity index (χ3n) is 4.63. The molecule has 0 aromatic heterocycles. The number of phenols is 1. The second-order valence-corrected chi connectivity index (χ2v) is 7.43. The summed E-state index contributed by atoms with van der Waals surface area (Å²) in [5, 5.41) is 18.7. The Labute approximate surface area is 166 Å². The van der Waals surface area contributed by atoms with Crippen LogP contribution < -0.4 is 9.80 Å². The van der Waals surface area contributed by atoms with Crippen LogP contribution in [0.5, 0.6) is 5.75 Å². The van der Waals surface area contributed by atoms with E-state index in [1.54, 1.807) is 36.9 Å². The monoisotopic (exact) mass is 401 g/mol. The first kappa shape index (κ1) is 19.7. The molecule has 1 aliphatic rings. The zero-order valence-corrected chi connectivity index (χ0v) is 16.2. The highest BCUT2D eigenvalue weighted by Crippen LogP contribution is 2.39. The Morgan fingerprint density at radius 2 is 1.71 bits per heavy atom. The molecule has 0 unspecified atom stereocenters. The molecule has 2 aromatic rings. The summed E-state index contributed by atoms with van der Waals surface area (Å²) in [5.41, 5.74) is -0.956. The van der Waals surface area contributed by atoms with Crippen molar-refractivity contribution < 1.29 is 18.7 Å². The van der Waals surface area contributed by atoms with E-state index < -0.39 is 17.0 Å². The molecule has 1 N–H and O–H groups in total. The maximum Gasteiger partial charge on any atom is 0.271 e. The molecular formula is C20H17F2N3O2S. The summed E-state index contributed by atoms with van der Waals surface area (Å²) in [6.07, 6.45) is 0. The molecule has 0 bridgehead atoms. The molecule has 1 saturated heterocycles. The van der Waals surface area contributed by atoms with Crippen LogP contribution in [0.3, 0.4) is 0 Å². The van der Waals surface area contributed by atoms with Gasteiger partial charge in [-0.15, -0.1) is 0 Å². The van der Waals surface area contributed by atoms with Crippen molar-refractivity contribution in [1.29, 1.82) is 5.26 Å². The molecular weight excluding hydrogens is 384 g/mol. The maximum absolute atomic E-state index is 14.0. The van der Waals surface area contributed by atoms with Crippen LogP contribution >= 0.6 is 12.2 Å². The van der Waals surface area contributed by atoms with Crippen LogP contribution in [0.25, 0.3) is 0 Å². The van der Waals surface area contributed by atoms with Crippen molar-refractivity contribution >= 4 is 34.6 Å². The normalized spacial score (nSPS) is 16.4. The fourth-order valence-electron chi connectivity index (χ4n) is 3.19. The van der Waals surface area contributed by atoms with Crippen molar-refractivity contribution in [3.8, 4) is 11.8 Å². The molecule has 1 heterocycles. The summed E-state index contributed by atoms with van der Waals surface area (Å²) < 4.78 is 27.9. The molecule has 3 rings (SSSR count). The predicted molar refractivity (Wildman–Crippen MR) is 105 cm³/mol. The molecule has 0 spiro atoms. The van der Waals surface area contributed by atoms with Gasteiger partial charge in [-0.3, -0.25) is 9.69 Å². The van der Waals surface area contributed by atoms with Crippen molar-refractivity contribution in [2.45, 2.75) is 32.2 Å². The summed E-state index contributed by atoms with van der Waals surface area (Å²) in [6, 6.07) is 11.7. The van der Waals surface area contributed by atoms with E-state index in [1.807, 2.05) is 0 Å². The predicted octanol–water partition coefficient (Wildman–Crippen LogP) is 4.29. The molecule has 5 nitrogen and oxygen atoms in total. The van der Waals surface area contributed by atoms with Gasteiger partial charge >= 0.3 is 0 Å². The van der Waals surface area contributed by atoms with Crippen molar-refractivity contribution in [2.24, 2.45) is 0 Å². The Kier molecular flexibility index (Phi) is 4.60. The molecule has 8 heteroatoms. The number of hydrogen-bond acceptors (Lipinski definition) is 4. The van der Waals surface area contributed by atoms with Crippen molar-refractivity contribution in [2.75, 3.05) is 9.80 Å². The number of phenolic OH excluding ortho intramolecular Hbond substituents is 1. The minimum atomic E-state index is -3.25. The Balaban J connectivity index is 2.11. The number of benzene rings is 2. The van der Waals surface area contributed by atoms with Crippen LogP contribution in [-0.2, 0) is 10.7 Å². The quantitative estimate of drug-likeness (QED) is 0.777. The molecule has 2 aromatic carbocycles. The SMILES string of the molecule is CC(F)(F)c1cc(N2C(=O)C(C)(C)N(c3ccc(O)cc3)C2=S)ccc1C#N. The topological polar surface area (TPSA) is 67.6 Å². The number of alkyl halides is 2. The lowest BCUT2D eigenvalue weighted by Crippen LogP contribution is -2.44. The zero-order chi connectivity index (χ0) is 20.9. The fraction of sp³-hybridized carbons (Fsp3) is 0.250. The van der Waals surface area contributed by atoms with Gasteiger partial charge in [0.15, 0.2) is 5.11 Å². The Morgan fingerprint density at radius 3 is 2.25 bits per heavy atom. The number of anilines is 2. The summed E-state index contributed by atoms with van der Waals surface area (Å²) in [7, 11) is 0. The first-order valence-electron chi connectivity index (χ1n) is 8.38. The van der Waals surface area contributed by atoms with E-state index in [1.165, 1.54) is 29.2 Å². The van der Waals surface area contributed by atoms with Gasteiger partial charge in [0.1, 0.15) is 11.3 Å². The third-order valence-corrected chi connectivity index (χ3v) is 5.00. The van der Waals surface area contributed by atoms with Crippen molar-refractivity contribution in [1.82, 2.24) is 0 Å². The standard InChI is InChI=1S/C20H17F2N3O2S/c1-19(2)17(27)24(18(28)25(19)13-6-8-15(26)9-7-13)14-5-4-12(11-23)16(10-14)20(3,21)22/h4-10,26H,1-3H3. The number of rotatable bonds is 3. The van der Waals surface area contributed by atoms with Gasteiger partial charge in [-0.1, -0.05) is 0 Å². The average molecular weight is 401 g/mol. The molecule has 0 saturated carbocycles. The fourth-order valence-corrected chi connectivity index (χ4v) is 3.71. The Hall–Kier alpha value is -3.05. The summed E-state index contributed by atoms with van der Waals surface area (Å²) in [4.78, 5) is 15.9. The number of thiocarbonyl (C=S) groups is 1. The van der Waals surface area contributed by atoms with Gasteiger partial charge < -0.3 is 10.0 Å². The first-order valence-corrected chi connectivity index (χ1v) is 8.79. The molecule has 1 amide bonds. The molecule has 28 heavy (non-hydrogen) atoms. The van der Waals surface area contributed by atoms with Gasteiger partial charge in [-0.05, 0) is 68.5 Å². The van der Waals surface area contributed by atoms with Gasteiger partial charge in [0, 0.05) is 18.2 Å². The van der Waals surface area contributed by atoms with E-state index in [9.17, 15) is 18.7 Å². The van der Waals surface area contributed by atoms with E-state index >= 15 is 0 Å². The Morgan fingerprint density at radius 1 is 1.14 bits per heavy atom. The summed E-state index contributed by atoms with van der Waals surface area (Å²) in [5.74, 6) is -3.57. The lowest BCUT2D eigenvalue weighted by molar-refractivity contribution is -0.120. The average Bonchev–Trinajstić information content (AvgIpc) is 2.79. The van der Waals surface area contributed by atoms with Gasteiger partial charge in [0.05, 0.1) is 17.3 Å². The summed E-state index contributed by atoms with van der Waals surface area (Å²) >= 11 is 5.50. The number of carbonyl (C=O) groups is 1. The number of hydrogen-bond donors (Lipinski definition) is 1. The number of carbonyl (C=O) groups excluding carboxylic acids is 1. The minimum absolute atomic E-state index is 0.0664. The van der Waals surface area contributed by atoms with Crippen LogP contribution in [0.2, 0.25) is 0 Å². The zero-order valence-electron chi connectivity index (χ0n) is 15.4. The lowest BCUT2D eigenvalue weighted by atomic mass is 10.0. The van der Waals surface area contributed by atoms with Crippen LogP contribution in [0.4, 0.5) is 20.2 Å². The molecule has 0 atom stereocenters. The number of halogens is 2. The number of aromatic hydroxyl groups is 1. The molecule has 1 fully saturated rings. The van der Waals surface area contributed by atoms with E-state index in [2.05, 4.69) is 0 Å². The van der Waals surface area contributed by atoms with Gasteiger partial charge in [0.25, 0.3) is 11.8 Å². The molecule has 0 radical (unpaired) electrons. The molecule has 0 aliphatic carbocycles. The van der Waals surface area contributed by atoms with Crippen LogP contribution in [-0.4, -0.2) is 21.7 Å². The van der Waals surface area contributed by atoms with Crippen LogP contribution in [0.15, 0.2) is 42.5 Å². The van der Waals surface area contributed by atoms with Crippen LogP contribution in [0.1, 0.15) is 31.9 Å². The minimum Gasteiger partial charge on any atom is -0.508 e. The van der Waals surface area contributed by atoms with Gasteiger partial charge in [-0.25, -0.2) is 8.78 Å². The van der Waals surface area contributed by atoms with Crippen molar-refractivity contribution in [3.05, 3.63) is 53.6 Å². The smallest absolute Gasteiger partial charge is 0.271 e. The maximum atomic E-state index is 14.0. The van der Waals surface area contributed by atoms with Gasteiger partial charge in [0.2, 0.25) is 0 Å². The highest BCUT2D eigenvalue weighted by molar-refractivity contribution is 7.81. The van der Waals surface area contributed by atoms with Crippen LogP contribution in [0, 0.1) is 11.3 Å². The lowest BCUT2D eigenvalue weighted by Gasteiger charge is -2.29. The molecule has 1 aliphatic heterocycles. The van der Waals surface area contributed by atoms with Crippen molar-refractivity contribution in [3.63, 3.8) is 0 Å². The van der Waals surface area contributed by atoms with E-state index in [-0.39, 0.29) is 28.0 Å². The van der Waals surface area contributed by atoms with E-state index in [0.717, 1.165) is 6.07 Å². The van der Waals surface area contributed by atoms with Gasteiger partial charge in [-0.2, -0.15) is 5.26 Å².